The zero-order chi connectivity index (χ0) is 65.0. The summed E-state index contributed by atoms with van der Waals surface area (Å²) in [5.41, 5.74) is -3.32. The first-order chi connectivity index (χ1) is 41.1. The van der Waals surface area contributed by atoms with E-state index in [1.807, 2.05) is 27.7 Å². The van der Waals surface area contributed by atoms with Crippen LogP contribution in [0.2, 0.25) is 0 Å². The highest BCUT2D eigenvalue weighted by atomic mass is 16.8. The van der Waals surface area contributed by atoms with Gasteiger partial charge in [-0.15, -0.1) is 0 Å². The lowest BCUT2D eigenvalue weighted by molar-refractivity contribution is -0.406. The summed E-state index contributed by atoms with van der Waals surface area (Å²) in [6.07, 6.45) is -35.3. The fourth-order valence-corrected chi connectivity index (χ4v) is 17.6. The average Bonchev–Trinajstić information content (AvgIpc) is 0.673. The van der Waals surface area contributed by atoms with E-state index >= 15 is 0 Å². The highest BCUT2D eigenvalue weighted by Crippen LogP contribution is 2.76. The van der Waals surface area contributed by atoms with E-state index in [0.29, 0.717) is 44.1 Å². The van der Waals surface area contributed by atoms with Gasteiger partial charge in [0.1, 0.15) is 97.7 Å². The number of aliphatic hydroxyl groups is 13. The van der Waals surface area contributed by atoms with Gasteiger partial charge in [0, 0.05) is 17.9 Å². The van der Waals surface area contributed by atoms with Gasteiger partial charge in [-0.2, -0.15) is 0 Å². The summed E-state index contributed by atoms with van der Waals surface area (Å²) in [7, 11) is 0. The van der Waals surface area contributed by atoms with Crippen molar-refractivity contribution in [2.45, 2.75) is 268 Å². The summed E-state index contributed by atoms with van der Waals surface area (Å²) in [4.78, 5) is 39.8. The molecule has 502 valence electrons. The van der Waals surface area contributed by atoms with Crippen molar-refractivity contribution in [2.75, 3.05) is 19.8 Å². The van der Waals surface area contributed by atoms with Crippen molar-refractivity contribution >= 4 is 17.9 Å². The smallest absolute Gasteiger partial charge is 0.335 e. The molecule has 0 aromatic rings. The first-order valence-electron chi connectivity index (χ1n) is 30.9. The van der Waals surface area contributed by atoms with E-state index in [1.165, 1.54) is 13.8 Å². The number of allylic oxidation sites excluding steroid dienone is 3. The Balaban J connectivity index is 1.05. The lowest BCUT2D eigenvalue weighted by Gasteiger charge is -2.72. The number of rotatable bonds is 15. The Morgan fingerprint density at radius 2 is 1.18 bits per heavy atom. The normalized spacial score (nSPS) is 50.9. The molecule has 27 nitrogen and oxygen atoms in total. The van der Waals surface area contributed by atoms with Crippen LogP contribution in [0.3, 0.4) is 0 Å². The molecule has 4 heterocycles. The van der Waals surface area contributed by atoms with Crippen molar-refractivity contribution in [3.8, 4) is 0 Å². The summed E-state index contributed by atoms with van der Waals surface area (Å²) in [6, 6.07) is 0. The van der Waals surface area contributed by atoms with Gasteiger partial charge in [-0.3, -0.25) is 4.79 Å². The van der Waals surface area contributed by atoms with E-state index in [-0.39, 0.29) is 18.3 Å². The monoisotopic (exact) mass is 1260 g/mol. The first kappa shape index (κ1) is 69.4. The average molecular weight is 1260 g/mol. The molecule has 4 saturated heterocycles. The number of hydrogen-bond acceptors (Lipinski definition) is 26. The van der Waals surface area contributed by atoms with Crippen LogP contribution in [-0.4, -0.2) is 256 Å². The molecule has 0 aromatic heterocycles. The van der Waals surface area contributed by atoms with Crippen LogP contribution < -0.4 is 0 Å². The van der Waals surface area contributed by atoms with E-state index in [0.717, 1.165) is 5.57 Å². The molecule has 9 aliphatic rings. The predicted octanol–water partition coefficient (Wildman–Crippen LogP) is -1.44. The van der Waals surface area contributed by atoms with Crippen molar-refractivity contribution in [2.24, 2.45) is 50.2 Å². The summed E-state index contributed by atoms with van der Waals surface area (Å²) in [6.45, 7) is 18.1. The molecule has 88 heavy (non-hydrogen) atoms. The van der Waals surface area contributed by atoms with Crippen LogP contribution >= 0.6 is 0 Å². The van der Waals surface area contributed by atoms with E-state index in [4.69, 9.17) is 47.4 Å². The Morgan fingerprint density at radius 1 is 0.614 bits per heavy atom. The number of esters is 2. The number of fused-ring (bicyclic) bond motifs is 7. The molecule has 31 atom stereocenters. The Morgan fingerprint density at radius 3 is 1.77 bits per heavy atom. The van der Waals surface area contributed by atoms with Crippen LogP contribution in [0.4, 0.5) is 0 Å². The summed E-state index contributed by atoms with van der Waals surface area (Å²) in [5, 5.41) is 156. The number of carbonyl (C=O) groups is 3. The predicted molar refractivity (Wildman–Crippen MR) is 299 cm³/mol. The SMILES string of the molecule is C/C=C(/C)C(=O)O[C@H]1[C@H](OC(C)=O)[C@]2(CO)[C@H](O)C[C@]3(C)C(=CC[C@@H]4[C@@]5(C)CC[C@H](O[C@@H]6O[C@H](C(=O)O)[C@@H](O)[C@H](O[C@@H]7O[C@H](CO)[C@H](O)[C@H](O)[C@H]7O[C@@H]7O[C@@H](C)[C@H](O)[C@@H](O)[C@H]7O)[C@H]6O[C@@H]6O[C@H](CO)[C@@H](O)[C@H](O)[C@H]6O)C(C)(C)[C@@H]5CC[C@]43C)[C@@H]2CC1(C)C. The molecule has 14 N–H and O–H groups in total. The van der Waals surface area contributed by atoms with Crippen LogP contribution in [0.5, 0.6) is 0 Å². The van der Waals surface area contributed by atoms with Gasteiger partial charge in [0.05, 0.1) is 43.5 Å². The highest BCUT2D eigenvalue weighted by molar-refractivity contribution is 5.87. The Hall–Kier alpha value is -2.95. The minimum absolute atomic E-state index is 0.0311. The van der Waals surface area contributed by atoms with Gasteiger partial charge in [0.15, 0.2) is 31.3 Å². The Labute approximate surface area is 511 Å². The third kappa shape index (κ3) is 11.3. The quantitative estimate of drug-likeness (QED) is 0.0386. The van der Waals surface area contributed by atoms with Crippen molar-refractivity contribution in [3.05, 3.63) is 23.3 Å². The minimum atomic E-state index is -2.29. The lowest BCUT2D eigenvalue weighted by Crippen LogP contribution is -2.72. The van der Waals surface area contributed by atoms with E-state index in [1.54, 1.807) is 19.9 Å². The van der Waals surface area contributed by atoms with Crippen LogP contribution in [0.25, 0.3) is 0 Å². The molecule has 8 fully saturated rings. The van der Waals surface area contributed by atoms with Gasteiger partial charge in [0.2, 0.25) is 0 Å². The summed E-state index contributed by atoms with van der Waals surface area (Å²) >= 11 is 0. The Kier molecular flexibility index (Phi) is 20.0. The zero-order valence-corrected chi connectivity index (χ0v) is 51.9. The number of carboxylic acid groups (broad SMARTS) is 1. The number of hydrogen-bond donors (Lipinski definition) is 14. The standard InChI is InChI=1S/C61H96O27/c1-12-24(2)51(78)88-48-49(80-26(4)65)61(23-64)28(19-56(48,5)6)27-13-14-32-58(9)17-16-34(57(7,8)31(58)15-18-59(32,10)60(27,11)20-33(61)66)83-55-47(87-53-42(74)39(71)36(68)29(21-62)81-53)44(43(75)45(85-55)50(76)77)84-54-46(40(72)37(69)30(22-63)82-54)86-52-41(73)38(70)35(67)25(3)79-52/h12-13,25,28-49,52-55,62-64,66-75H,14-23H2,1-11H3,(H,76,77)/b24-12-/t25-,28-,29+,30+,31-,32+,33+,34-,35-,36+,37-,38+,39-,40-,41+,42+,43-,44-,45-,46+,47+,48-,49-,52-,53-,54-,55+,58-,59+,60+,61-/m0/s1. The minimum Gasteiger partial charge on any atom is -0.479 e. The van der Waals surface area contributed by atoms with Crippen LogP contribution in [0, 0.1) is 50.2 Å². The number of aliphatic carboxylic acids is 1. The Bertz CT molecular complexity index is 2580. The van der Waals surface area contributed by atoms with E-state index in [2.05, 4.69) is 26.8 Å². The van der Waals surface area contributed by atoms with Crippen LogP contribution in [0.15, 0.2) is 23.3 Å². The maximum absolute atomic E-state index is 13.5. The van der Waals surface area contributed by atoms with Gasteiger partial charge in [-0.25, -0.2) is 9.59 Å². The van der Waals surface area contributed by atoms with Crippen molar-refractivity contribution in [3.63, 3.8) is 0 Å². The van der Waals surface area contributed by atoms with Crippen molar-refractivity contribution < 1.29 is 133 Å². The third-order valence-electron chi connectivity index (χ3n) is 23.0. The van der Waals surface area contributed by atoms with Gasteiger partial charge in [-0.05, 0) is 105 Å². The van der Waals surface area contributed by atoms with E-state index in [9.17, 15) is 85.9 Å². The van der Waals surface area contributed by atoms with Gasteiger partial charge >= 0.3 is 17.9 Å². The highest BCUT2D eigenvalue weighted by Gasteiger charge is 2.74. The van der Waals surface area contributed by atoms with Crippen molar-refractivity contribution in [1.82, 2.24) is 0 Å². The molecule has 0 unspecified atom stereocenters. The molecular formula is C61H96O27. The largest absolute Gasteiger partial charge is 0.479 e. The fraction of sp³-hybridized carbons (Fsp3) is 0.885. The fourth-order valence-electron chi connectivity index (χ4n) is 17.6. The molecule has 0 aromatic carbocycles. The summed E-state index contributed by atoms with van der Waals surface area (Å²) in [5.74, 6) is -3.67. The topological polar surface area (TPSA) is 427 Å². The zero-order valence-electron chi connectivity index (χ0n) is 51.9. The maximum Gasteiger partial charge on any atom is 0.335 e. The number of carbonyl (C=O) groups excluding carboxylic acids is 2. The molecule has 0 spiro atoms. The number of carboxylic acids is 1. The van der Waals surface area contributed by atoms with Gasteiger partial charge in [-0.1, -0.05) is 66.2 Å². The number of ether oxygens (including phenoxy) is 10. The molecule has 9 rings (SSSR count). The van der Waals surface area contributed by atoms with Gasteiger partial charge < -0.3 is 119 Å². The molecule has 0 radical (unpaired) electrons. The second-order valence-corrected chi connectivity index (χ2v) is 28.5. The van der Waals surface area contributed by atoms with Crippen LogP contribution in [-0.2, 0) is 61.8 Å². The molecule has 5 aliphatic carbocycles. The second-order valence-electron chi connectivity index (χ2n) is 28.5. The molecular weight excluding hydrogens is 1160 g/mol. The third-order valence-corrected chi connectivity index (χ3v) is 23.0. The van der Waals surface area contributed by atoms with E-state index < -0.39 is 223 Å². The molecule has 4 aliphatic heterocycles. The lowest BCUT2D eigenvalue weighted by atomic mass is 9.33. The molecule has 0 bridgehead atoms. The summed E-state index contributed by atoms with van der Waals surface area (Å²) < 4.78 is 61.5. The second kappa shape index (κ2) is 25.4. The molecule has 0 amide bonds. The maximum atomic E-state index is 13.5. The van der Waals surface area contributed by atoms with Crippen molar-refractivity contribution in [1.29, 1.82) is 0 Å². The number of aliphatic hydroxyl groups excluding tert-OH is 13. The van der Waals surface area contributed by atoms with Crippen LogP contribution in [0.1, 0.15) is 121 Å². The first-order valence-corrected chi connectivity index (χ1v) is 30.9. The molecule has 4 saturated carbocycles. The van der Waals surface area contributed by atoms with Gasteiger partial charge in [0.25, 0.3) is 0 Å². The molecule has 27 heteroatoms.